The summed E-state index contributed by atoms with van der Waals surface area (Å²) >= 11 is 0. The van der Waals surface area contributed by atoms with Crippen molar-refractivity contribution in [1.82, 2.24) is 0 Å². The summed E-state index contributed by atoms with van der Waals surface area (Å²) in [5, 5.41) is 0. The van der Waals surface area contributed by atoms with Crippen LogP contribution in [-0.4, -0.2) is 0 Å². The van der Waals surface area contributed by atoms with Gasteiger partial charge in [-0.3, -0.25) is 0 Å². The van der Waals surface area contributed by atoms with E-state index in [2.05, 4.69) is 108 Å². The minimum atomic E-state index is 0.278. The molecule has 0 aliphatic carbocycles. The van der Waals surface area contributed by atoms with Crippen LogP contribution in [-0.2, 0) is 0 Å². The van der Waals surface area contributed by atoms with Crippen LogP contribution in [0.5, 0.6) is 0 Å². The maximum atomic E-state index is 4.11. The van der Waals surface area contributed by atoms with Gasteiger partial charge in [0.1, 0.15) is 0 Å². The van der Waals surface area contributed by atoms with Crippen molar-refractivity contribution in [2.24, 2.45) is 11.3 Å². The number of hydrogen-bond acceptors (Lipinski definition) is 0. The Balaban J connectivity index is 6.06. The molecule has 0 saturated heterocycles. The lowest BCUT2D eigenvalue weighted by Gasteiger charge is -2.37. The van der Waals surface area contributed by atoms with Crippen molar-refractivity contribution in [1.29, 1.82) is 0 Å². The average molecular weight is 437 g/mol. The number of allylic oxidation sites excluding steroid dienone is 12. The van der Waals surface area contributed by atoms with Crippen molar-refractivity contribution in [3.8, 4) is 0 Å². The lowest BCUT2D eigenvalue weighted by atomic mass is 9.68. The smallest absolute Gasteiger partial charge is 0.0137 e. The molecule has 0 heteroatoms. The second-order valence-electron chi connectivity index (χ2n) is 10.1. The Labute approximate surface area is 201 Å². The van der Waals surface area contributed by atoms with Crippen LogP contribution in [0.3, 0.4) is 0 Å². The Hall–Kier alpha value is -1.82. The first kappa shape index (κ1) is 30.2. The zero-order valence-corrected chi connectivity index (χ0v) is 23.3. The van der Waals surface area contributed by atoms with E-state index < -0.39 is 0 Å². The lowest BCUT2D eigenvalue weighted by Crippen LogP contribution is -2.27. The van der Waals surface area contributed by atoms with Crippen molar-refractivity contribution >= 4 is 0 Å². The quantitative estimate of drug-likeness (QED) is 0.252. The summed E-state index contributed by atoms with van der Waals surface area (Å²) in [6, 6.07) is 0. The minimum absolute atomic E-state index is 0.278. The summed E-state index contributed by atoms with van der Waals surface area (Å²) in [5.41, 5.74) is 11.4. The minimum Gasteiger partial charge on any atom is -0.0991 e. The van der Waals surface area contributed by atoms with Gasteiger partial charge in [-0.1, -0.05) is 82.7 Å². The van der Waals surface area contributed by atoms with Gasteiger partial charge in [-0.05, 0) is 119 Å². The highest BCUT2D eigenvalue weighted by atomic mass is 14.4. The van der Waals surface area contributed by atoms with Gasteiger partial charge in [-0.2, -0.15) is 0 Å². The molecule has 0 heterocycles. The molecule has 32 heavy (non-hydrogen) atoms. The first-order valence-electron chi connectivity index (χ1n) is 12.6. The van der Waals surface area contributed by atoms with Gasteiger partial charge in [-0.15, -0.1) is 0 Å². The zero-order valence-electron chi connectivity index (χ0n) is 23.3. The van der Waals surface area contributed by atoms with Gasteiger partial charge in [0.05, 0.1) is 0 Å². The molecule has 180 valence electrons. The molecule has 0 aliphatic heterocycles. The van der Waals surface area contributed by atoms with Crippen LogP contribution in [0.2, 0.25) is 0 Å². The van der Waals surface area contributed by atoms with E-state index in [9.17, 15) is 0 Å². The van der Waals surface area contributed by atoms with Crippen LogP contribution in [0.4, 0.5) is 0 Å². The third-order valence-electron chi connectivity index (χ3n) is 7.54. The van der Waals surface area contributed by atoms with Crippen molar-refractivity contribution in [2.75, 3.05) is 0 Å². The van der Waals surface area contributed by atoms with Gasteiger partial charge in [0.25, 0.3) is 0 Å². The van der Waals surface area contributed by atoms with E-state index in [1.807, 2.05) is 6.08 Å². The summed E-state index contributed by atoms with van der Waals surface area (Å²) < 4.78 is 0. The van der Waals surface area contributed by atoms with Crippen molar-refractivity contribution in [2.45, 2.75) is 108 Å². The highest BCUT2D eigenvalue weighted by Crippen LogP contribution is 2.42. The third kappa shape index (κ3) is 8.27. The molecule has 0 amide bonds. The standard InChI is InChI=1S/C32H52/c1-14-19-25(8)27(10)28(11)31(24(7)16-3)26(9)20-18-22-32(13,21-15-2)29(12)30(17-4)23(5)6/h14,17,19-20,29H,1,4,15-16,18,21-22H2,2-3,5-13H3/b25-19-,26-20-,28-27+,31-24-. The molecule has 0 spiro atoms. The Bertz CT molecular complexity index is 799. The first-order chi connectivity index (χ1) is 14.9. The van der Waals surface area contributed by atoms with E-state index >= 15 is 0 Å². The van der Waals surface area contributed by atoms with Crippen LogP contribution >= 0.6 is 0 Å². The van der Waals surface area contributed by atoms with E-state index in [0.717, 1.165) is 12.8 Å². The Morgan fingerprint density at radius 1 is 0.875 bits per heavy atom. The lowest BCUT2D eigenvalue weighted by molar-refractivity contribution is 0.195. The van der Waals surface area contributed by atoms with Crippen molar-refractivity contribution < 1.29 is 0 Å². The molecule has 2 atom stereocenters. The van der Waals surface area contributed by atoms with Crippen LogP contribution in [0.15, 0.2) is 82.0 Å². The summed E-state index contributed by atoms with van der Waals surface area (Å²) in [5.74, 6) is 0.515. The largest absolute Gasteiger partial charge is 0.0991 e. The van der Waals surface area contributed by atoms with Crippen molar-refractivity contribution in [3.63, 3.8) is 0 Å². The Morgan fingerprint density at radius 2 is 1.47 bits per heavy atom. The van der Waals surface area contributed by atoms with E-state index in [4.69, 9.17) is 0 Å². The highest BCUT2D eigenvalue weighted by molar-refractivity contribution is 5.53. The third-order valence-corrected chi connectivity index (χ3v) is 7.54. The summed E-state index contributed by atoms with van der Waals surface area (Å²) in [4.78, 5) is 0. The normalized spacial score (nSPS) is 17.1. The van der Waals surface area contributed by atoms with E-state index in [1.54, 1.807) is 0 Å². The van der Waals surface area contributed by atoms with Gasteiger partial charge < -0.3 is 0 Å². The van der Waals surface area contributed by atoms with Crippen molar-refractivity contribution in [3.05, 3.63) is 82.0 Å². The zero-order chi connectivity index (χ0) is 25.1. The Kier molecular flexibility index (Phi) is 13.5. The van der Waals surface area contributed by atoms with Gasteiger partial charge in [0, 0.05) is 0 Å². The van der Waals surface area contributed by atoms with E-state index in [1.165, 1.54) is 63.8 Å². The summed E-state index contributed by atoms with van der Waals surface area (Å²) in [6.45, 7) is 33.1. The molecule has 0 aromatic carbocycles. The van der Waals surface area contributed by atoms with E-state index in [0.29, 0.717) is 5.92 Å². The second kappa shape index (κ2) is 14.4. The van der Waals surface area contributed by atoms with Gasteiger partial charge in [0.15, 0.2) is 0 Å². The SMILES string of the molecule is C=C\C=C(C)/C(C)=C(C)/C(C(/C)=C\CCC(C)(CCC)C(C)C(C=C)=C(C)C)=C(/C)CC. The molecular weight excluding hydrogens is 384 g/mol. The molecule has 2 unspecified atom stereocenters. The Morgan fingerprint density at radius 3 is 1.91 bits per heavy atom. The fourth-order valence-electron chi connectivity index (χ4n) is 4.95. The molecule has 0 aromatic rings. The topological polar surface area (TPSA) is 0 Å². The predicted octanol–water partition coefficient (Wildman–Crippen LogP) is 10.9. The summed E-state index contributed by atoms with van der Waals surface area (Å²) in [6.07, 6.45) is 14.4. The number of hydrogen-bond donors (Lipinski definition) is 0. The molecule has 0 aliphatic rings. The second-order valence-corrected chi connectivity index (χ2v) is 10.1. The maximum Gasteiger partial charge on any atom is -0.0137 e. The van der Waals surface area contributed by atoms with Crippen LogP contribution in [0.1, 0.15) is 108 Å². The fraction of sp³-hybridized carbons (Fsp3) is 0.562. The van der Waals surface area contributed by atoms with Crippen LogP contribution < -0.4 is 0 Å². The maximum absolute atomic E-state index is 4.11. The molecule has 0 radical (unpaired) electrons. The molecule has 0 N–H and O–H groups in total. The fourth-order valence-corrected chi connectivity index (χ4v) is 4.95. The monoisotopic (exact) mass is 436 g/mol. The molecule has 0 nitrogen and oxygen atoms in total. The highest BCUT2D eigenvalue weighted by Gasteiger charge is 2.31. The molecule has 0 bridgehead atoms. The first-order valence-corrected chi connectivity index (χ1v) is 12.6. The number of rotatable bonds is 13. The van der Waals surface area contributed by atoms with Gasteiger partial charge >= 0.3 is 0 Å². The molecule has 0 rings (SSSR count). The molecular formula is C32H52. The average Bonchev–Trinajstić information content (AvgIpc) is 2.73. The van der Waals surface area contributed by atoms with Crippen LogP contribution in [0, 0.1) is 11.3 Å². The van der Waals surface area contributed by atoms with Gasteiger partial charge in [-0.25, -0.2) is 0 Å². The summed E-state index contributed by atoms with van der Waals surface area (Å²) in [7, 11) is 0. The van der Waals surface area contributed by atoms with Gasteiger partial charge in [0.2, 0.25) is 0 Å². The molecule has 0 fully saturated rings. The molecule has 0 aromatic heterocycles. The van der Waals surface area contributed by atoms with E-state index in [-0.39, 0.29) is 5.41 Å². The van der Waals surface area contributed by atoms with Crippen LogP contribution in [0.25, 0.3) is 0 Å². The molecule has 0 saturated carbocycles. The predicted molar refractivity (Wildman–Crippen MR) is 149 cm³/mol.